The van der Waals surface area contributed by atoms with Gasteiger partial charge >= 0.3 is 5.97 Å². The number of carbonyl (C=O) groups excluding carboxylic acids is 2. The quantitative estimate of drug-likeness (QED) is 0.567. The summed E-state index contributed by atoms with van der Waals surface area (Å²) in [4.78, 5) is 25.1. The SMILES string of the molecule is COC(=O)C(c1ccc(F)cc1Cl)C1C=CC(NC(=O)c2ccccc2OC)C1. The van der Waals surface area contributed by atoms with E-state index in [0.29, 0.717) is 23.3 Å². The first kappa shape index (κ1) is 20.9. The van der Waals surface area contributed by atoms with Gasteiger partial charge in [-0.15, -0.1) is 0 Å². The molecule has 0 radical (unpaired) electrons. The van der Waals surface area contributed by atoms with Crippen molar-refractivity contribution in [3.05, 3.63) is 76.6 Å². The highest BCUT2D eigenvalue weighted by molar-refractivity contribution is 6.31. The number of carbonyl (C=O) groups is 2. The molecule has 2 aromatic rings. The molecule has 0 saturated heterocycles. The first-order valence-electron chi connectivity index (χ1n) is 9.09. The van der Waals surface area contributed by atoms with E-state index in [0.717, 1.165) is 0 Å². The molecule has 2 aromatic carbocycles. The molecule has 0 aliphatic heterocycles. The fraction of sp³-hybridized carbons (Fsp3) is 0.273. The number of esters is 1. The summed E-state index contributed by atoms with van der Waals surface area (Å²) in [5, 5.41) is 3.10. The molecule has 152 valence electrons. The Morgan fingerprint density at radius 3 is 2.62 bits per heavy atom. The zero-order valence-corrected chi connectivity index (χ0v) is 16.8. The van der Waals surface area contributed by atoms with Crippen LogP contribution in [0, 0.1) is 11.7 Å². The Hall–Kier alpha value is -2.86. The molecule has 29 heavy (non-hydrogen) atoms. The standard InChI is InChI=1S/C22H21ClFNO4/c1-28-19-6-4-3-5-17(19)21(26)25-15-9-7-13(11-15)20(22(27)29-2)16-10-8-14(24)12-18(16)23/h3-10,12-13,15,20H,11H2,1-2H3,(H,25,26). The van der Waals surface area contributed by atoms with Crippen molar-refractivity contribution in [1.82, 2.24) is 5.32 Å². The third kappa shape index (κ3) is 4.59. The van der Waals surface area contributed by atoms with Gasteiger partial charge in [0.05, 0.1) is 25.7 Å². The van der Waals surface area contributed by atoms with Crippen molar-refractivity contribution in [3.8, 4) is 5.75 Å². The molecule has 3 unspecified atom stereocenters. The number of amides is 1. The number of hydrogen-bond donors (Lipinski definition) is 1. The van der Waals surface area contributed by atoms with Crippen LogP contribution in [0.15, 0.2) is 54.6 Å². The number of rotatable bonds is 6. The van der Waals surface area contributed by atoms with Gasteiger partial charge in [-0.3, -0.25) is 9.59 Å². The molecule has 1 aliphatic carbocycles. The van der Waals surface area contributed by atoms with E-state index in [2.05, 4.69) is 5.32 Å². The van der Waals surface area contributed by atoms with E-state index in [1.165, 1.54) is 32.4 Å². The van der Waals surface area contributed by atoms with Crippen molar-refractivity contribution < 1.29 is 23.5 Å². The zero-order valence-electron chi connectivity index (χ0n) is 16.0. The normalized spacial score (nSPS) is 18.9. The summed E-state index contributed by atoms with van der Waals surface area (Å²) in [7, 11) is 2.80. The summed E-state index contributed by atoms with van der Waals surface area (Å²) in [5.41, 5.74) is 0.921. The van der Waals surface area contributed by atoms with Crippen molar-refractivity contribution in [2.75, 3.05) is 14.2 Å². The average Bonchev–Trinajstić information content (AvgIpc) is 3.17. The van der Waals surface area contributed by atoms with Crippen LogP contribution in [0.4, 0.5) is 4.39 Å². The van der Waals surface area contributed by atoms with Crippen molar-refractivity contribution >= 4 is 23.5 Å². The molecule has 7 heteroatoms. The van der Waals surface area contributed by atoms with E-state index < -0.39 is 17.7 Å². The van der Waals surface area contributed by atoms with Gasteiger partial charge in [0.15, 0.2) is 0 Å². The summed E-state index contributed by atoms with van der Waals surface area (Å²) >= 11 is 6.18. The van der Waals surface area contributed by atoms with E-state index in [1.807, 2.05) is 12.2 Å². The van der Waals surface area contributed by atoms with Gasteiger partial charge in [-0.2, -0.15) is 0 Å². The Bertz CT molecular complexity index is 946. The van der Waals surface area contributed by atoms with Crippen LogP contribution in [0.25, 0.3) is 0 Å². The van der Waals surface area contributed by atoms with Gasteiger partial charge in [-0.05, 0) is 42.2 Å². The second-order valence-corrected chi connectivity index (χ2v) is 7.14. The molecular formula is C22H21ClFNO4. The van der Waals surface area contributed by atoms with Crippen LogP contribution in [-0.4, -0.2) is 32.1 Å². The summed E-state index contributed by atoms with van der Waals surface area (Å²) in [6, 6.07) is 10.6. The van der Waals surface area contributed by atoms with Crippen LogP contribution in [0.5, 0.6) is 5.75 Å². The Morgan fingerprint density at radius 1 is 1.17 bits per heavy atom. The molecule has 0 saturated carbocycles. The summed E-state index contributed by atoms with van der Waals surface area (Å²) in [5.74, 6) is -1.69. The van der Waals surface area contributed by atoms with Crippen LogP contribution in [0.3, 0.4) is 0 Å². The van der Waals surface area contributed by atoms with Crippen LogP contribution in [-0.2, 0) is 9.53 Å². The molecular weight excluding hydrogens is 397 g/mol. The lowest BCUT2D eigenvalue weighted by molar-refractivity contribution is -0.143. The molecule has 3 rings (SSSR count). The van der Waals surface area contributed by atoms with Crippen molar-refractivity contribution in [2.24, 2.45) is 5.92 Å². The topological polar surface area (TPSA) is 64.6 Å². The monoisotopic (exact) mass is 417 g/mol. The van der Waals surface area contributed by atoms with Gasteiger partial charge in [-0.1, -0.05) is 42.0 Å². The highest BCUT2D eigenvalue weighted by Crippen LogP contribution is 2.37. The summed E-state index contributed by atoms with van der Waals surface area (Å²) in [6.07, 6.45) is 4.17. The lowest BCUT2D eigenvalue weighted by Gasteiger charge is -2.23. The molecule has 0 spiro atoms. The third-order valence-corrected chi connectivity index (χ3v) is 5.29. The molecule has 0 heterocycles. The number of ether oxygens (including phenoxy) is 2. The van der Waals surface area contributed by atoms with Gasteiger partial charge in [-0.25, -0.2) is 4.39 Å². The first-order chi connectivity index (χ1) is 13.9. The lowest BCUT2D eigenvalue weighted by atomic mass is 9.85. The van der Waals surface area contributed by atoms with Gasteiger partial charge in [0.2, 0.25) is 0 Å². The van der Waals surface area contributed by atoms with Crippen LogP contribution >= 0.6 is 11.6 Å². The number of allylic oxidation sites excluding steroid dienone is 1. The number of hydrogen-bond acceptors (Lipinski definition) is 4. The third-order valence-electron chi connectivity index (χ3n) is 4.97. The number of methoxy groups -OCH3 is 2. The Labute approximate surface area is 173 Å². The summed E-state index contributed by atoms with van der Waals surface area (Å²) < 4.78 is 23.6. The predicted molar refractivity (Wildman–Crippen MR) is 108 cm³/mol. The molecule has 0 fully saturated rings. The largest absolute Gasteiger partial charge is 0.496 e. The van der Waals surface area contributed by atoms with E-state index in [-0.39, 0.29) is 22.9 Å². The molecule has 1 N–H and O–H groups in total. The van der Waals surface area contributed by atoms with Crippen molar-refractivity contribution in [2.45, 2.75) is 18.4 Å². The molecule has 5 nitrogen and oxygen atoms in total. The number of halogens is 2. The van der Waals surface area contributed by atoms with Gasteiger partial charge in [0.1, 0.15) is 11.6 Å². The second-order valence-electron chi connectivity index (χ2n) is 6.73. The molecule has 1 amide bonds. The van der Waals surface area contributed by atoms with E-state index in [1.54, 1.807) is 24.3 Å². The van der Waals surface area contributed by atoms with Gasteiger partial charge in [0.25, 0.3) is 5.91 Å². The molecule has 0 aromatic heterocycles. The van der Waals surface area contributed by atoms with Gasteiger partial charge in [0, 0.05) is 11.1 Å². The fourth-order valence-corrected chi connectivity index (χ4v) is 3.86. The Kier molecular flexibility index (Phi) is 6.54. The fourth-order valence-electron chi connectivity index (χ4n) is 3.57. The Balaban J connectivity index is 1.76. The van der Waals surface area contributed by atoms with Gasteiger partial charge < -0.3 is 14.8 Å². The van der Waals surface area contributed by atoms with Crippen LogP contribution < -0.4 is 10.1 Å². The number of benzene rings is 2. The van der Waals surface area contributed by atoms with E-state index >= 15 is 0 Å². The summed E-state index contributed by atoms with van der Waals surface area (Å²) in [6.45, 7) is 0. The highest BCUT2D eigenvalue weighted by Gasteiger charge is 2.35. The highest BCUT2D eigenvalue weighted by atomic mass is 35.5. The zero-order chi connectivity index (χ0) is 21.0. The number of nitrogens with one attached hydrogen (secondary N) is 1. The van der Waals surface area contributed by atoms with E-state index in [4.69, 9.17) is 21.1 Å². The van der Waals surface area contributed by atoms with Crippen LogP contribution in [0.2, 0.25) is 5.02 Å². The predicted octanol–water partition coefficient (Wildman–Crippen LogP) is 4.12. The smallest absolute Gasteiger partial charge is 0.313 e. The minimum atomic E-state index is -0.697. The maximum atomic E-state index is 13.4. The van der Waals surface area contributed by atoms with Crippen molar-refractivity contribution in [1.29, 1.82) is 0 Å². The maximum absolute atomic E-state index is 13.4. The molecule has 1 aliphatic rings. The molecule has 0 bridgehead atoms. The van der Waals surface area contributed by atoms with Crippen LogP contribution in [0.1, 0.15) is 28.3 Å². The minimum Gasteiger partial charge on any atom is -0.496 e. The minimum absolute atomic E-state index is 0.162. The maximum Gasteiger partial charge on any atom is 0.313 e. The van der Waals surface area contributed by atoms with Crippen molar-refractivity contribution in [3.63, 3.8) is 0 Å². The second kappa shape index (κ2) is 9.09. The molecule has 3 atom stereocenters. The lowest BCUT2D eigenvalue weighted by Crippen LogP contribution is -2.34. The van der Waals surface area contributed by atoms with E-state index in [9.17, 15) is 14.0 Å². The Morgan fingerprint density at radius 2 is 1.93 bits per heavy atom. The average molecular weight is 418 g/mol. The first-order valence-corrected chi connectivity index (χ1v) is 9.47. The number of para-hydroxylation sites is 1.